The van der Waals surface area contributed by atoms with Gasteiger partial charge < -0.3 is 21.1 Å². The van der Waals surface area contributed by atoms with Crippen molar-refractivity contribution >= 4 is 17.5 Å². The van der Waals surface area contributed by atoms with Crippen LogP contribution in [0.3, 0.4) is 0 Å². The van der Waals surface area contributed by atoms with Crippen LogP contribution in [0.25, 0.3) is 0 Å². The number of nitrogen functional groups attached to an aromatic ring is 1. The van der Waals surface area contributed by atoms with Crippen molar-refractivity contribution in [1.29, 1.82) is 0 Å². The first-order valence-electron chi connectivity index (χ1n) is 6.59. The topological polar surface area (TPSA) is 98.7 Å². The van der Waals surface area contributed by atoms with Gasteiger partial charge in [-0.1, -0.05) is 12.1 Å². The van der Waals surface area contributed by atoms with Gasteiger partial charge in [-0.3, -0.25) is 9.59 Å². The van der Waals surface area contributed by atoms with Crippen LogP contribution in [-0.2, 0) is 20.7 Å². The lowest BCUT2D eigenvalue weighted by molar-refractivity contribution is -0.147. The number of ether oxygens (including phenoxy) is 1. The van der Waals surface area contributed by atoms with Crippen molar-refractivity contribution in [3.05, 3.63) is 29.8 Å². The van der Waals surface area contributed by atoms with Gasteiger partial charge >= 0.3 is 0 Å². The number of aryl methyl sites for hydroxylation is 1. The fourth-order valence-corrected chi connectivity index (χ4v) is 2.22. The number of carbonyl (C=O) groups excluding carboxylic acids is 2. The van der Waals surface area contributed by atoms with E-state index in [9.17, 15) is 9.59 Å². The van der Waals surface area contributed by atoms with Gasteiger partial charge in [0, 0.05) is 18.7 Å². The first kappa shape index (κ1) is 14.3. The van der Waals surface area contributed by atoms with Crippen LogP contribution in [0.1, 0.15) is 12.0 Å². The zero-order valence-corrected chi connectivity index (χ0v) is 11.2. The molecule has 1 fully saturated rings. The molecule has 1 heterocycles. The van der Waals surface area contributed by atoms with Crippen molar-refractivity contribution < 1.29 is 14.3 Å². The third-order valence-corrected chi connectivity index (χ3v) is 3.38. The number of nitrogens with two attached hydrogens (primary N) is 2. The number of primary amides is 1. The van der Waals surface area contributed by atoms with Gasteiger partial charge in [0.2, 0.25) is 11.8 Å². The normalized spacial score (nSPS) is 18.8. The molecule has 1 atom stereocenters. The highest BCUT2D eigenvalue weighted by Gasteiger charge is 2.30. The predicted octanol–water partition coefficient (Wildman–Crippen LogP) is -0.0859. The maximum atomic E-state index is 12.2. The maximum absolute atomic E-state index is 12.2. The van der Waals surface area contributed by atoms with Crippen LogP contribution in [0.4, 0.5) is 5.69 Å². The zero-order chi connectivity index (χ0) is 14.5. The Morgan fingerprint density at radius 2 is 2.00 bits per heavy atom. The first-order valence-corrected chi connectivity index (χ1v) is 6.59. The number of rotatable bonds is 4. The molecule has 0 spiro atoms. The molecule has 0 radical (unpaired) electrons. The van der Waals surface area contributed by atoms with E-state index in [1.807, 2.05) is 12.1 Å². The highest BCUT2D eigenvalue weighted by Crippen LogP contribution is 2.12. The summed E-state index contributed by atoms with van der Waals surface area (Å²) in [7, 11) is 0. The first-order chi connectivity index (χ1) is 9.58. The largest absolute Gasteiger partial charge is 0.399 e. The zero-order valence-electron chi connectivity index (χ0n) is 11.2. The van der Waals surface area contributed by atoms with E-state index in [4.69, 9.17) is 16.2 Å². The summed E-state index contributed by atoms with van der Waals surface area (Å²) in [5.41, 5.74) is 12.6. The summed E-state index contributed by atoms with van der Waals surface area (Å²) < 4.78 is 5.19. The molecule has 0 aliphatic carbocycles. The molecule has 108 valence electrons. The van der Waals surface area contributed by atoms with E-state index in [0.29, 0.717) is 31.7 Å². The van der Waals surface area contributed by atoms with E-state index in [-0.39, 0.29) is 12.5 Å². The second-order valence-electron chi connectivity index (χ2n) is 4.82. The fourth-order valence-electron chi connectivity index (χ4n) is 2.22. The van der Waals surface area contributed by atoms with Crippen LogP contribution >= 0.6 is 0 Å². The van der Waals surface area contributed by atoms with E-state index in [1.54, 1.807) is 12.1 Å². The number of morpholine rings is 1. The maximum Gasteiger partial charge on any atom is 0.242 e. The summed E-state index contributed by atoms with van der Waals surface area (Å²) in [6.45, 7) is 1.04. The van der Waals surface area contributed by atoms with Crippen molar-refractivity contribution in [1.82, 2.24) is 4.90 Å². The standard InChI is InChI=1S/C14H19N3O3/c15-11-4-1-10(2-5-11)3-6-13(18)17-7-8-20-9-12(17)14(16)19/h1-2,4-5,12H,3,6-9,15H2,(H2,16,19). The molecule has 1 aromatic carbocycles. The molecule has 1 aliphatic rings. The summed E-state index contributed by atoms with van der Waals surface area (Å²) in [5, 5.41) is 0. The number of anilines is 1. The van der Waals surface area contributed by atoms with Gasteiger partial charge in [-0.2, -0.15) is 0 Å². The highest BCUT2D eigenvalue weighted by molar-refractivity contribution is 5.87. The van der Waals surface area contributed by atoms with E-state index in [0.717, 1.165) is 5.56 Å². The summed E-state index contributed by atoms with van der Waals surface area (Å²) in [4.78, 5) is 25.0. The molecule has 2 rings (SSSR count). The minimum absolute atomic E-state index is 0.0751. The molecule has 1 saturated heterocycles. The van der Waals surface area contributed by atoms with E-state index < -0.39 is 11.9 Å². The fraction of sp³-hybridized carbons (Fsp3) is 0.429. The molecular formula is C14H19N3O3. The number of benzene rings is 1. The quantitative estimate of drug-likeness (QED) is 0.752. The molecule has 0 aromatic heterocycles. The van der Waals surface area contributed by atoms with Gasteiger partial charge in [-0.05, 0) is 24.1 Å². The molecule has 1 aromatic rings. The molecule has 4 N–H and O–H groups in total. The van der Waals surface area contributed by atoms with Gasteiger partial charge in [0.1, 0.15) is 6.04 Å². The van der Waals surface area contributed by atoms with Crippen LogP contribution in [0.15, 0.2) is 24.3 Å². The third kappa shape index (κ3) is 3.48. The monoisotopic (exact) mass is 277 g/mol. The van der Waals surface area contributed by atoms with Gasteiger partial charge in [0.15, 0.2) is 0 Å². The summed E-state index contributed by atoms with van der Waals surface area (Å²) in [6.07, 6.45) is 0.954. The second kappa shape index (κ2) is 6.38. The molecule has 0 saturated carbocycles. The minimum atomic E-state index is -0.650. The Kier molecular flexibility index (Phi) is 4.57. The summed E-state index contributed by atoms with van der Waals surface area (Å²) in [5.74, 6) is -0.598. The average Bonchev–Trinajstić information content (AvgIpc) is 2.46. The molecule has 20 heavy (non-hydrogen) atoms. The number of hydrogen-bond donors (Lipinski definition) is 2. The molecule has 2 amide bonds. The van der Waals surface area contributed by atoms with Crippen molar-refractivity contribution in [3.63, 3.8) is 0 Å². The molecule has 6 heteroatoms. The lowest BCUT2D eigenvalue weighted by Gasteiger charge is -2.33. The Morgan fingerprint density at radius 3 is 2.65 bits per heavy atom. The Hall–Kier alpha value is -2.08. The Bertz CT molecular complexity index is 487. The van der Waals surface area contributed by atoms with Crippen molar-refractivity contribution in [2.75, 3.05) is 25.5 Å². The average molecular weight is 277 g/mol. The van der Waals surface area contributed by atoms with Gasteiger partial charge in [0.05, 0.1) is 13.2 Å². The Labute approximate surface area is 117 Å². The molecular weight excluding hydrogens is 258 g/mol. The van der Waals surface area contributed by atoms with Crippen LogP contribution in [0, 0.1) is 0 Å². The molecule has 0 bridgehead atoms. The lowest BCUT2D eigenvalue weighted by atomic mass is 10.1. The van der Waals surface area contributed by atoms with Crippen molar-refractivity contribution in [3.8, 4) is 0 Å². The van der Waals surface area contributed by atoms with Crippen LogP contribution in [0.2, 0.25) is 0 Å². The van der Waals surface area contributed by atoms with Crippen molar-refractivity contribution in [2.45, 2.75) is 18.9 Å². The van der Waals surface area contributed by atoms with E-state index in [1.165, 1.54) is 4.90 Å². The van der Waals surface area contributed by atoms with Gasteiger partial charge in [-0.25, -0.2) is 0 Å². The number of hydrogen-bond acceptors (Lipinski definition) is 4. The lowest BCUT2D eigenvalue weighted by Crippen LogP contribution is -2.54. The summed E-state index contributed by atoms with van der Waals surface area (Å²) in [6, 6.07) is 6.75. The van der Waals surface area contributed by atoms with E-state index in [2.05, 4.69) is 0 Å². The minimum Gasteiger partial charge on any atom is -0.399 e. The predicted molar refractivity (Wildman–Crippen MR) is 74.7 cm³/mol. The number of nitrogens with zero attached hydrogens (tertiary/aromatic N) is 1. The van der Waals surface area contributed by atoms with Gasteiger partial charge in [-0.15, -0.1) is 0 Å². The van der Waals surface area contributed by atoms with E-state index >= 15 is 0 Å². The molecule has 1 unspecified atom stereocenters. The SMILES string of the molecule is NC(=O)C1COCCN1C(=O)CCc1ccc(N)cc1. The second-order valence-corrected chi connectivity index (χ2v) is 4.82. The number of amides is 2. The van der Waals surface area contributed by atoms with Crippen LogP contribution in [-0.4, -0.2) is 42.5 Å². The summed E-state index contributed by atoms with van der Waals surface area (Å²) >= 11 is 0. The number of carbonyl (C=O) groups is 2. The van der Waals surface area contributed by atoms with Gasteiger partial charge in [0.25, 0.3) is 0 Å². The third-order valence-electron chi connectivity index (χ3n) is 3.38. The molecule has 1 aliphatic heterocycles. The Balaban J connectivity index is 1.93. The highest BCUT2D eigenvalue weighted by atomic mass is 16.5. The van der Waals surface area contributed by atoms with Crippen molar-refractivity contribution in [2.24, 2.45) is 5.73 Å². The Morgan fingerprint density at radius 1 is 1.30 bits per heavy atom. The van der Waals surface area contributed by atoms with Crippen LogP contribution < -0.4 is 11.5 Å². The molecule has 6 nitrogen and oxygen atoms in total. The van der Waals surface area contributed by atoms with Crippen LogP contribution in [0.5, 0.6) is 0 Å². The smallest absolute Gasteiger partial charge is 0.242 e.